The fourth-order valence-electron chi connectivity index (χ4n) is 1.51. The molecule has 1 unspecified atom stereocenters. The van der Waals surface area contributed by atoms with Gasteiger partial charge < -0.3 is 4.74 Å². The van der Waals surface area contributed by atoms with Gasteiger partial charge in [-0.15, -0.1) is 0 Å². The summed E-state index contributed by atoms with van der Waals surface area (Å²) in [5.74, 6) is 0.310. The number of carbonyl (C=O) groups excluding carboxylic acids is 1. The van der Waals surface area contributed by atoms with Gasteiger partial charge in [0.25, 0.3) is 0 Å². The molecule has 64 valence electrons. The zero-order chi connectivity index (χ0) is 8.10. The molecule has 1 aliphatic rings. The van der Waals surface area contributed by atoms with Crippen LogP contribution >= 0.6 is 0 Å². The van der Waals surface area contributed by atoms with Crippen LogP contribution in [0.15, 0.2) is 0 Å². The zero-order valence-electron chi connectivity index (χ0n) is 7.14. The summed E-state index contributed by atoms with van der Waals surface area (Å²) >= 11 is 0. The first-order chi connectivity index (χ1) is 5.34. The maximum Gasteiger partial charge on any atom is 0.161 e. The van der Waals surface area contributed by atoms with Crippen molar-refractivity contribution in [3.05, 3.63) is 0 Å². The summed E-state index contributed by atoms with van der Waals surface area (Å²) in [4.78, 5) is 11.3. The minimum Gasteiger partial charge on any atom is -0.371 e. The zero-order valence-corrected chi connectivity index (χ0v) is 7.14. The van der Waals surface area contributed by atoms with E-state index in [0.717, 1.165) is 25.7 Å². The summed E-state index contributed by atoms with van der Waals surface area (Å²) in [7, 11) is 0. The van der Waals surface area contributed by atoms with Gasteiger partial charge in [0, 0.05) is 13.0 Å². The van der Waals surface area contributed by atoms with E-state index in [-0.39, 0.29) is 6.10 Å². The Morgan fingerprint density at radius 2 is 2.27 bits per heavy atom. The lowest BCUT2D eigenvalue weighted by atomic mass is 10.1. The molecule has 2 heteroatoms. The maximum absolute atomic E-state index is 11.3. The summed E-state index contributed by atoms with van der Waals surface area (Å²) in [5.41, 5.74) is 0. The summed E-state index contributed by atoms with van der Waals surface area (Å²) in [6.07, 6.45) is 4.98. The predicted molar refractivity (Wildman–Crippen MR) is 43.5 cm³/mol. The van der Waals surface area contributed by atoms with Gasteiger partial charge in [-0.25, -0.2) is 0 Å². The lowest BCUT2D eigenvalue weighted by Gasteiger charge is -2.11. The molecule has 1 aliphatic carbocycles. The van der Waals surface area contributed by atoms with Crippen LogP contribution in [0.2, 0.25) is 0 Å². The second-order valence-corrected chi connectivity index (χ2v) is 3.01. The van der Waals surface area contributed by atoms with Gasteiger partial charge in [-0.05, 0) is 19.8 Å². The van der Waals surface area contributed by atoms with Crippen molar-refractivity contribution in [2.75, 3.05) is 6.61 Å². The van der Waals surface area contributed by atoms with Gasteiger partial charge in [0.05, 0.1) is 0 Å². The van der Waals surface area contributed by atoms with Gasteiger partial charge in [-0.3, -0.25) is 4.79 Å². The molecule has 1 saturated carbocycles. The summed E-state index contributed by atoms with van der Waals surface area (Å²) in [5, 5.41) is 0. The predicted octanol–water partition coefficient (Wildman–Crippen LogP) is 1.92. The highest BCUT2D eigenvalue weighted by atomic mass is 16.5. The van der Waals surface area contributed by atoms with Gasteiger partial charge in [0.2, 0.25) is 0 Å². The summed E-state index contributed by atoms with van der Waals surface area (Å²) in [6.45, 7) is 2.61. The highest BCUT2D eigenvalue weighted by Crippen LogP contribution is 2.16. The Kier molecular flexibility index (Phi) is 3.57. The molecule has 0 amide bonds. The standard InChI is InChI=1S/C9H16O2/c1-2-11-9-7-5-3-4-6-8(9)10/h9H,2-7H2,1H3. The molecule has 0 bridgehead atoms. The molecule has 0 radical (unpaired) electrons. The van der Waals surface area contributed by atoms with E-state index in [1.807, 2.05) is 6.92 Å². The monoisotopic (exact) mass is 156 g/mol. The second-order valence-electron chi connectivity index (χ2n) is 3.01. The third-order valence-corrected chi connectivity index (χ3v) is 2.12. The minimum absolute atomic E-state index is 0.0810. The highest BCUT2D eigenvalue weighted by Gasteiger charge is 2.19. The molecule has 0 aromatic carbocycles. The molecule has 0 aromatic heterocycles. The molecule has 11 heavy (non-hydrogen) atoms. The molecular weight excluding hydrogens is 140 g/mol. The Balaban J connectivity index is 2.39. The van der Waals surface area contributed by atoms with Crippen LogP contribution in [-0.2, 0) is 9.53 Å². The number of rotatable bonds is 2. The van der Waals surface area contributed by atoms with E-state index in [2.05, 4.69) is 0 Å². The molecule has 1 atom stereocenters. The van der Waals surface area contributed by atoms with Crippen molar-refractivity contribution in [1.29, 1.82) is 0 Å². The number of carbonyl (C=O) groups is 1. The fraction of sp³-hybridized carbons (Fsp3) is 0.889. The SMILES string of the molecule is CCOC1CCCCCC1=O. The number of ether oxygens (including phenoxy) is 1. The Labute approximate surface area is 67.9 Å². The first-order valence-electron chi connectivity index (χ1n) is 4.49. The number of Topliss-reactive ketones (excluding diaryl/α,β-unsaturated/α-hetero) is 1. The van der Waals surface area contributed by atoms with Crippen molar-refractivity contribution in [2.45, 2.75) is 45.1 Å². The molecular formula is C9H16O2. The van der Waals surface area contributed by atoms with Crippen LogP contribution in [0.5, 0.6) is 0 Å². The molecule has 1 rings (SSSR count). The van der Waals surface area contributed by atoms with Gasteiger partial charge in [-0.1, -0.05) is 12.8 Å². The number of hydrogen-bond donors (Lipinski definition) is 0. The van der Waals surface area contributed by atoms with Crippen molar-refractivity contribution in [1.82, 2.24) is 0 Å². The molecule has 0 aromatic rings. The third-order valence-electron chi connectivity index (χ3n) is 2.12. The van der Waals surface area contributed by atoms with E-state index in [1.54, 1.807) is 0 Å². The minimum atomic E-state index is -0.0810. The first-order valence-corrected chi connectivity index (χ1v) is 4.49. The Morgan fingerprint density at radius 3 is 3.00 bits per heavy atom. The van der Waals surface area contributed by atoms with E-state index in [9.17, 15) is 4.79 Å². The normalized spacial score (nSPS) is 26.6. The molecule has 0 saturated heterocycles. The van der Waals surface area contributed by atoms with Gasteiger partial charge in [0.1, 0.15) is 6.10 Å². The highest BCUT2D eigenvalue weighted by molar-refractivity contribution is 5.83. The van der Waals surface area contributed by atoms with Crippen LogP contribution in [0.1, 0.15) is 39.0 Å². The van der Waals surface area contributed by atoms with Crippen molar-refractivity contribution >= 4 is 5.78 Å². The van der Waals surface area contributed by atoms with Crippen LogP contribution in [0.3, 0.4) is 0 Å². The van der Waals surface area contributed by atoms with E-state index in [0.29, 0.717) is 12.4 Å². The first kappa shape index (κ1) is 8.72. The Hall–Kier alpha value is -0.370. The largest absolute Gasteiger partial charge is 0.371 e. The summed E-state index contributed by atoms with van der Waals surface area (Å²) < 4.78 is 5.33. The topological polar surface area (TPSA) is 26.3 Å². The van der Waals surface area contributed by atoms with Crippen LogP contribution in [0.4, 0.5) is 0 Å². The third kappa shape index (κ3) is 2.62. The molecule has 2 nitrogen and oxygen atoms in total. The van der Waals surface area contributed by atoms with E-state index < -0.39 is 0 Å². The van der Waals surface area contributed by atoms with Crippen molar-refractivity contribution in [2.24, 2.45) is 0 Å². The van der Waals surface area contributed by atoms with Crippen molar-refractivity contribution in [3.63, 3.8) is 0 Å². The van der Waals surface area contributed by atoms with E-state index in [1.165, 1.54) is 6.42 Å². The quantitative estimate of drug-likeness (QED) is 0.571. The lowest BCUT2D eigenvalue weighted by molar-refractivity contribution is -0.130. The van der Waals surface area contributed by atoms with Gasteiger partial charge in [-0.2, -0.15) is 0 Å². The number of ketones is 1. The fourth-order valence-corrected chi connectivity index (χ4v) is 1.51. The second kappa shape index (κ2) is 4.50. The average Bonchev–Trinajstić information content (AvgIpc) is 2.18. The van der Waals surface area contributed by atoms with Crippen molar-refractivity contribution < 1.29 is 9.53 Å². The Bertz CT molecular complexity index is 132. The Morgan fingerprint density at radius 1 is 1.45 bits per heavy atom. The van der Waals surface area contributed by atoms with E-state index >= 15 is 0 Å². The van der Waals surface area contributed by atoms with Crippen LogP contribution in [0.25, 0.3) is 0 Å². The van der Waals surface area contributed by atoms with Crippen LogP contribution < -0.4 is 0 Å². The summed E-state index contributed by atoms with van der Waals surface area (Å²) in [6, 6.07) is 0. The molecule has 1 fully saturated rings. The van der Waals surface area contributed by atoms with Crippen LogP contribution in [0, 0.1) is 0 Å². The van der Waals surface area contributed by atoms with Crippen molar-refractivity contribution in [3.8, 4) is 0 Å². The average molecular weight is 156 g/mol. The lowest BCUT2D eigenvalue weighted by Crippen LogP contribution is -2.22. The molecule has 0 N–H and O–H groups in total. The molecule has 0 aliphatic heterocycles. The maximum atomic E-state index is 11.3. The van der Waals surface area contributed by atoms with Gasteiger partial charge >= 0.3 is 0 Å². The number of hydrogen-bond acceptors (Lipinski definition) is 2. The smallest absolute Gasteiger partial charge is 0.161 e. The molecule has 0 heterocycles. The van der Waals surface area contributed by atoms with Gasteiger partial charge in [0.15, 0.2) is 5.78 Å². The van der Waals surface area contributed by atoms with E-state index in [4.69, 9.17) is 4.74 Å². The molecule has 0 spiro atoms. The van der Waals surface area contributed by atoms with Crippen LogP contribution in [-0.4, -0.2) is 18.5 Å².